The van der Waals surface area contributed by atoms with Gasteiger partial charge < -0.3 is 5.32 Å². The first-order chi connectivity index (χ1) is 9.15. The van der Waals surface area contributed by atoms with Crippen molar-refractivity contribution in [1.82, 2.24) is 10.3 Å². The summed E-state index contributed by atoms with van der Waals surface area (Å²) in [5, 5.41) is 6.23. The minimum atomic E-state index is -0.293. The Hall–Kier alpha value is -1.98. The SMILES string of the molecule is O=C(NC(=S)Nc1cccnc1)c1ccc(Cl)cc1. The number of benzene rings is 1. The highest BCUT2D eigenvalue weighted by Crippen LogP contribution is 2.09. The van der Waals surface area contributed by atoms with E-state index in [9.17, 15) is 4.79 Å². The summed E-state index contributed by atoms with van der Waals surface area (Å²) in [5.74, 6) is -0.293. The number of hydrogen-bond acceptors (Lipinski definition) is 3. The Morgan fingerprint density at radius 3 is 2.58 bits per heavy atom. The third-order valence-electron chi connectivity index (χ3n) is 2.25. The van der Waals surface area contributed by atoms with Gasteiger partial charge in [-0.2, -0.15) is 0 Å². The molecule has 4 nitrogen and oxygen atoms in total. The normalized spacial score (nSPS) is 9.74. The monoisotopic (exact) mass is 291 g/mol. The summed E-state index contributed by atoms with van der Waals surface area (Å²) in [4.78, 5) is 15.8. The van der Waals surface area contributed by atoms with Gasteiger partial charge in [0.05, 0.1) is 11.9 Å². The summed E-state index contributed by atoms with van der Waals surface area (Å²) in [6, 6.07) is 10.1. The number of carbonyl (C=O) groups excluding carboxylic acids is 1. The topological polar surface area (TPSA) is 54.0 Å². The molecular weight excluding hydrogens is 282 g/mol. The number of amides is 1. The van der Waals surface area contributed by atoms with Gasteiger partial charge in [-0.1, -0.05) is 11.6 Å². The number of hydrogen-bond donors (Lipinski definition) is 2. The van der Waals surface area contributed by atoms with Crippen molar-refractivity contribution >= 4 is 40.5 Å². The number of aromatic nitrogens is 1. The van der Waals surface area contributed by atoms with E-state index in [-0.39, 0.29) is 11.0 Å². The van der Waals surface area contributed by atoms with Crippen molar-refractivity contribution in [2.45, 2.75) is 0 Å². The first kappa shape index (κ1) is 13.5. The average molecular weight is 292 g/mol. The number of thiocarbonyl (C=S) groups is 1. The van der Waals surface area contributed by atoms with Gasteiger partial charge in [0.2, 0.25) is 0 Å². The fourth-order valence-electron chi connectivity index (χ4n) is 1.38. The van der Waals surface area contributed by atoms with Gasteiger partial charge >= 0.3 is 0 Å². The van der Waals surface area contributed by atoms with E-state index >= 15 is 0 Å². The summed E-state index contributed by atoms with van der Waals surface area (Å²) in [6.07, 6.45) is 3.27. The van der Waals surface area contributed by atoms with Crippen LogP contribution in [0.4, 0.5) is 5.69 Å². The number of anilines is 1. The molecule has 19 heavy (non-hydrogen) atoms. The zero-order chi connectivity index (χ0) is 13.7. The Kier molecular flexibility index (Phi) is 4.43. The van der Waals surface area contributed by atoms with Crippen LogP contribution in [0.5, 0.6) is 0 Å². The lowest BCUT2D eigenvalue weighted by Crippen LogP contribution is -2.34. The van der Waals surface area contributed by atoms with Gasteiger partial charge in [0.15, 0.2) is 5.11 Å². The molecule has 0 unspecified atom stereocenters. The Bertz CT molecular complexity index is 587. The van der Waals surface area contributed by atoms with E-state index in [0.717, 1.165) is 0 Å². The van der Waals surface area contributed by atoms with Crippen LogP contribution in [0, 0.1) is 0 Å². The van der Waals surface area contributed by atoms with Crippen LogP contribution in [0.3, 0.4) is 0 Å². The highest BCUT2D eigenvalue weighted by Gasteiger charge is 2.07. The Labute approximate surface area is 120 Å². The van der Waals surface area contributed by atoms with E-state index in [1.165, 1.54) is 0 Å². The first-order valence-corrected chi connectivity index (χ1v) is 6.22. The molecule has 0 atom stereocenters. The lowest BCUT2D eigenvalue weighted by Gasteiger charge is -2.09. The molecule has 96 valence electrons. The Balaban J connectivity index is 1.95. The molecule has 1 aromatic carbocycles. The number of rotatable bonds is 2. The summed E-state index contributed by atoms with van der Waals surface area (Å²) >= 11 is 10.8. The molecule has 0 saturated carbocycles. The molecule has 0 saturated heterocycles. The van der Waals surface area contributed by atoms with E-state index in [4.69, 9.17) is 23.8 Å². The number of pyridine rings is 1. The average Bonchev–Trinajstić information content (AvgIpc) is 2.40. The standard InChI is InChI=1S/C13H10ClN3OS/c14-10-5-3-9(4-6-10)12(18)17-13(19)16-11-2-1-7-15-8-11/h1-8H,(H2,16,17,18,19). The second-order valence-corrected chi connectivity index (χ2v) is 4.50. The van der Waals surface area contributed by atoms with Crippen LogP contribution in [-0.2, 0) is 0 Å². The maximum absolute atomic E-state index is 11.9. The lowest BCUT2D eigenvalue weighted by atomic mass is 10.2. The molecule has 1 aromatic heterocycles. The van der Waals surface area contributed by atoms with E-state index in [0.29, 0.717) is 16.3 Å². The fourth-order valence-corrected chi connectivity index (χ4v) is 1.71. The van der Waals surface area contributed by atoms with Gasteiger partial charge in [-0.05, 0) is 48.6 Å². The van der Waals surface area contributed by atoms with Crippen molar-refractivity contribution < 1.29 is 4.79 Å². The van der Waals surface area contributed by atoms with Crippen molar-refractivity contribution in [2.24, 2.45) is 0 Å². The number of carbonyl (C=O) groups is 1. The fraction of sp³-hybridized carbons (Fsp3) is 0. The van der Waals surface area contributed by atoms with Crippen LogP contribution < -0.4 is 10.6 Å². The predicted molar refractivity (Wildman–Crippen MR) is 79.4 cm³/mol. The maximum Gasteiger partial charge on any atom is 0.257 e. The van der Waals surface area contributed by atoms with Gasteiger partial charge in [0.25, 0.3) is 5.91 Å². The molecule has 0 aliphatic carbocycles. The van der Waals surface area contributed by atoms with Crippen molar-refractivity contribution in [3.63, 3.8) is 0 Å². The van der Waals surface area contributed by atoms with Crippen molar-refractivity contribution in [1.29, 1.82) is 0 Å². The van der Waals surface area contributed by atoms with Gasteiger partial charge in [0, 0.05) is 16.8 Å². The molecule has 6 heteroatoms. The van der Waals surface area contributed by atoms with Crippen LogP contribution in [0.25, 0.3) is 0 Å². The molecule has 0 bridgehead atoms. The van der Waals surface area contributed by atoms with E-state index in [1.54, 1.807) is 48.8 Å². The molecule has 0 radical (unpaired) electrons. The summed E-state index contributed by atoms with van der Waals surface area (Å²) < 4.78 is 0. The molecule has 2 rings (SSSR count). The minimum absolute atomic E-state index is 0.216. The van der Waals surface area contributed by atoms with Crippen molar-refractivity contribution in [3.8, 4) is 0 Å². The van der Waals surface area contributed by atoms with Crippen molar-refractivity contribution in [3.05, 3.63) is 59.4 Å². The zero-order valence-electron chi connectivity index (χ0n) is 9.76. The first-order valence-electron chi connectivity index (χ1n) is 5.43. The van der Waals surface area contributed by atoms with E-state index < -0.39 is 0 Å². The van der Waals surface area contributed by atoms with E-state index in [1.807, 2.05) is 0 Å². The Morgan fingerprint density at radius 2 is 1.95 bits per heavy atom. The summed E-state index contributed by atoms with van der Waals surface area (Å²) in [5.41, 5.74) is 1.20. The van der Waals surface area contributed by atoms with Gasteiger partial charge in [-0.3, -0.25) is 15.1 Å². The number of halogens is 1. The minimum Gasteiger partial charge on any atom is -0.331 e. The van der Waals surface area contributed by atoms with Crippen LogP contribution >= 0.6 is 23.8 Å². The third kappa shape index (κ3) is 4.01. The molecule has 1 amide bonds. The van der Waals surface area contributed by atoms with E-state index in [2.05, 4.69) is 15.6 Å². The second-order valence-electron chi connectivity index (χ2n) is 3.66. The highest BCUT2D eigenvalue weighted by molar-refractivity contribution is 7.80. The van der Waals surface area contributed by atoms with Crippen LogP contribution in [-0.4, -0.2) is 16.0 Å². The zero-order valence-corrected chi connectivity index (χ0v) is 11.3. The largest absolute Gasteiger partial charge is 0.331 e. The molecule has 1 heterocycles. The smallest absolute Gasteiger partial charge is 0.257 e. The second kappa shape index (κ2) is 6.26. The van der Waals surface area contributed by atoms with Gasteiger partial charge in [-0.15, -0.1) is 0 Å². The van der Waals surface area contributed by atoms with Crippen molar-refractivity contribution in [2.75, 3.05) is 5.32 Å². The predicted octanol–water partition coefficient (Wildman–Crippen LogP) is 2.86. The molecule has 0 aliphatic heterocycles. The van der Waals surface area contributed by atoms with Gasteiger partial charge in [-0.25, -0.2) is 0 Å². The molecule has 0 aliphatic rings. The van der Waals surface area contributed by atoms with Crippen LogP contribution in [0.2, 0.25) is 5.02 Å². The molecule has 0 fully saturated rings. The number of nitrogens with one attached hydrogen (secondary N) is 2. The van der Waals surface area contributed by atoms with Crippen LogP contribution in [0.1, 0.15) is 10.4 Å². The summed E-state index contributed by atoms with van der Waals surface area (Å²) in [6.45, 7) is 0. The molecule has 2 aromatic rings. The highest BCUT2D eigenvalue weighted by atomic mass is 35.5. The quantitative estimate of drug-likeness (QED) is 0.836. The molecule has 2 N–H and O–H groups in total. The summed E-state index contributed by atoms with van der Waals surface area (Å²) in [7, 11) is 0. The number of nitrogens with zero attached hydrogens (tertiary/aromatic N) is 1. The lowest BCUT2D eigenvalue weighted by molar-refractivity contribution is 0.0978. The van der Waals surface area contributed by atoms with Crippen LogP contribution in [0.15, 0.2) is 48.8 Å². The third-order valence-corrected chi connectivity index (χ3v) is 2.71. The molecule has 0 spiro atoms. The maximum atomic E-state index is 11.9. The molecular formula is C13H10ClN3OS. The Morgan fingerprint density at radius 1 is 1.21 bits per heavy atom. The van der Waals surface area contributed by atoms with Gasteiger partial charge in [0.1, 0.15) is 0 Å².